The third kappa shape index (κ3) is 5.62. The molecule has 2 amide bonds. The molecule has 0 bridgehead atoms. The fraction of sp³-hybridized carbons (Fsp3) is 0.333. The van der Waals surface area contributed by atoms with Gasteiger partial charge in [-0.05, 0) is 68.2 Å². The Morgan fingerprint density at radius 1 is 1.12 bits per heavy atom. The number of amides is 2. The fourth-order valence-corrected chi connectivity index (χ4v) is 2.76. The van der Waals surface area contributed by atoms with Gasteiger partial charge in [-0.3, -0.25) is 9.59 Å². The predicted octanol–water partition coefficient (Wildman–Crippen LogP) is 3.28. The highest BCUT2D eigenvalue weighted by Crippen LogP contribution is 2.17. The van der Waals surface area contributed by atoms with E-state index in [9.17, 15) is 9.59 Å². The number of benzene rings is 1. The number of hydrogen-bond acceptors (Lipinski definition) is 4. The minimum absolute atomic E-state index is 0. The first-order chi connectivity index (χ1) is 11.7. The lowest BCUT2D eigenvalue weighted by atomic mass is 10.0. The molecule has 2 aromatic rings. The summed E-state index contributed by atoms with van der Waals surface area (Å²) in [6.07, 6.45) is 4.05. The number of hydrogen-bond donors (Lipinski definition) is 3. The van der Waals surface area contributed by atoms with Crippen molar-refractivity contribution in [2.24, 2.45) is 5.92 Å². The van der Waals surface area contributed by atoms with Crippen LogP contribution in [-0.4, -0.2) is 24.9 Å². The summed E-state index contributed by atoms with van der Waals surface area (Å²) in [5.41, 5.74) is 1.37. The second kappa shape index (κ2) is 9.25. The molecule has 3 N–H and O–H groups in total. The maximum Gasteiger partial charge on any atom is 0.291 e. The van der Waals surface area contributed by atoms with Crippen molar-refractivity contribution in [2.75, 3.05) is 23.7 Å². The number of furan rings is 1. The second-order valence-electron chi connectivity index (χ2n) is 5.95. The molecule has 25 heavy (non-hydrogen) atoms. The summed E-state index contributed by atoms with van der Waals surface area (Å²) in [4.78, 5) is 23.8. The monoisotopic (exact) mass is 363 g/mol. The zero-order valence-corrected chi connectivity index (χ0v) is 14.6. The van der Waals surface area contributed by atoms with E-state index in [1.807, 2.05) is 0 Å². The number of carbonyl (C=O) groups is 2. The molecular formula is C18H22ClN3O3. The van der Waals surface area contributed by atoms with Gasteiger partial charge in [-0.1, -0.05) is 0 Å². The largest absolute Gasteiger partial charge is 0.459 e. The predicted molar refractivity (Wildman–Crippen MR) is 99.2 cm³/mol. The molecule has 1 aliphatic heterocycles. The first-order valence-corrected chi connectivity index (χ1v) is 8.16. The molecule has 1 aromatic carbocycles. The summed E-state index contributed by atoms with van der Waals surface area (Å²) < 4.78 is 5.04. The molecule has 1 saturated heterocycles. The van der Waals surface area contributed by atoms with Gasteiger partial charge < -0.3 is 20.4 Å². The van der Waals surface area contributed by atoms with Crippen LogP contribution in [0.4, 0.5) is 11.4 Å². The molecule has 0 saturated carbocycles. The first-order valence-electron chi connectivity index (χ1n) is 8.16. The van der Waals surface area contributed by atoms with Crippen molar-refractivity contribution in [3.63, 3.8) is 0 Å². The van der Waals surface area contributed by atoms with Gasteiger partial charge in [0, 0.05) is 17.8 Å². The molecular weight excluding hydrogens is 342 g/mol. The Kier molecular flexibility index (Phi) is 7.03. The highest BCUT2D eigenvalue weighted by molar-refractivity contribution is 6.02. The number of rotatable bonds is 6. The minimum Gasteiger partial charge on any atom is -0.459 e. The number of anilines is 2. The Labute approximate surface area is 152 Å². The van der Waals surface area contributed by atoms with Crippen molar-refractivity contribution in [2.45, 2.75) is 19.3 Å². The summed E-state index contributed by atoms with van der Waals surface area (Å²) in [6.45, 7) is 2.06. The highest BCUT2D eigenvalue weighted by Gasteiger charge is 2.15. The smallest absolute Gasteiger partial charge is 0.291 e. The lowest BCUT2D eigenvalue weighted by Crippen LogP contribution is -2.15. The van der Waals surface area contributed by atoms with Gasteiger partial charge in [0.1, 0.15) is 0 Å². The maximum absolute atomic E-state index is 12.0. The van der Waals surface area contributed by atoms with Gasteiger partial charge in [-0.25, -0.2) is 0 Å². The number of nitrogens with one attached hydrogen (secondary N) is 3. The summed E-state index contributed by atoms with van der Waals surface area (Å²) in [5.74, 6) is 0.583. The van der Waals surface area contributed by atoms with Crippen LogP contribution in [0.2, 0.25) is 0 Å². The van der Waals surface area contributed by atoms with Crippen LogP contribution < -0.4 is 16.0 Å². The summed E-state index contributed by atoms with van der Waals surface area (Å²) in [5, 5.41) is 8.92. The molecule has 1 aliphatic rings. The Balaban J connectivity index is 0.00000225. The first kappa shape index (κ1) is 19.0. The van der Waals surface area contributed by atoms with Gasteiger partial charge in [0.2, 0.25) is 5.91 Å². The van der Waals surface area contributed by atoms with Crippen molar-refractivity contribution in [1.29, 1.82) is 0 Å². The topological polar surface area (TPSA) is 83.4 Å². The van der Waals surface area contributed by atoms with Crippen LogP contribution in [0.5, 0.6) is 0 Å². The number of carbonyl (C=O) groups excluding carboxylic acids is 2. The van der Waals surface area contributed by atoms with Crippen LogP contribution in [-0.2, 0) is 4.79 Å². The Morgan fingerprint density at radius 2 is 1.84 bits per heavy atom. The van der Waals surface area contributed by atoms with Gasteiger partial charge in [0.15, 0.2) is 5.76 Å². The van der Waals surface area contributed by atoms with Crippen LogP contribution >= 0.6 is 12.4 Å². The van der Waals surface area contributed by atoms with E-state index in [0.29, 0.717) is 18.0 Å². The van der Waals surface area contributed by atoms with Crippen LogP contribution in [0.3, 0.4) is 0 Å². The Hall–Kier alpha value is -2.31. The SMILES string of the molecule is Cl.O=C(CCC1CCNC1)Nc1ccc(NC(=O)c2ccco2)cc1. The van der Waals surface area contributed by atoms with Crippen LogP contribution in [0.25, 0.3) is 0 Å². The molecule has 1 unspecified atom stereocenters. The van der Waals surface area contributed by atoms with E-state index in [1.54, 1.807) is 36.4 Å². The van der Waals surface area contributed by atoms with E-state index in [1.165, 1.54) is 6.26 Å². The van der Waals surface area contributed by atoms with Crippen molar-refractivity contribution in [1.82, 2.24) is 5.32 Å². The van der Waals surface area contributed by atoms with E-state index < -0.39 is 0 Å². The van der Waals surface area contributed by atoms with Gasteiger partial charge in [-0.15, -0.1) is 12.4 Å². The highest BCUT2D eigenvalue weighted by atomic mass is 35.5. The summed E-state index contributed by atoms with van der Waals surface area (Å²) in [7, 11) is 0. The van der Waals surface area contributed by atoms with Crippen LogP contribution in [0, 0.1) is 5.92 Å². The molecule has 0 radical (unpaired) electrons. The molecule has 0 spiro atoms. The molecule has 1 atom stereocenters. The summed E-state index contributed by atoms with van der Waals surface area (Å²) >= 11 is 0. The Morgan fingerprint density at radius 3 is 2.44 bits per heavy atom. The Bertz CT molecular complexity index is 680. The molecule has 0 aliphatic carbocycles. The third-order valence-corrected chi connectivity index (χ3v) is 4.11. The average Bonchev–Trinajstić information content (AvgIpc) is 3.28. The average molecular weight is 364 g/mol. The minimum atomic E-state index is -0.304. The van der Waals surface area contributed by atoms with Crippen molar-refractivity contribution >= 4 is 35.6 Å². The lowest BCUT2D eigenvalue weighted by molar-refractivity contribution is -0.116. The molecule has 134 valence electrons. The third-order valence-electron chi connectivity index (χ3n) is 4.11. The van der Waals surface area contributed by atoms with Crippen molar-refractivity contribution in [3.05, 3.63) is 48.4 Å². The molecule has 1 aromatic heterocycles. The van der Waals surface area contributed by atoms with Crippen LogP contribution in [0.1, 0.15) is 29.8 Å². The zero-order valence-electron chi connectivity index (χ0n) is 13.8. The van der Waals surface area contributed by atoms with E-state index in [4.69, 9.17) is 4.42 Å². The van der Waals surface area contributed by atoms with Crippen molar-refractivity contribution in [3.8, 4) is 0 Å². The van der Waals surface area contributed by atoms with Gasteiger partial charge in [0.05, 0.1) is 6.26 Å². The van der Waals surface area contributed by atoms with Gasteiger partial charge in [-0.2, -0.15) is 0 Å². The molecule has 3 rings (SSSR count). The van der Waals surface area contributed by atoms with E-state index >= 15 is 0 Å². The second-order valence-corrected chi connectivity index (χ2v) is 5.95. The van der Waals surface area contributed by atoms with Gasteiger partial charge in [0.25, 0.3) is 5.91 Å². The van der Waals surface area contributed by atoms with E-state index in [0.717, 1.165) is 31.6 Å². The van der Waals surface area contributed by atoms with E-state index in [2.05, 4.69) is 16.0 Å². The fourth-order valence-electron chi connectivity index (χ4n) is 2.76. The van der Waals surface area contributed by atoms with Gasteiger partial charge >= 0.3 is 0 Å². The van der Waals surface area contributed by atoms with E-state index in [-0.39, 0.29) is 30.0 Å². The molecule has 1 fully saturated rings. The standard InChI is InChI=1S/C18H21N3O3.ClH/c22-17(8-3-13-9-10-19-12-13)20-14-4-6-15(7-5-14)21-18(23)16-2-1-11-24-16;/h1-2,4-7,11,13,19H,3,8-10,12H2,(H,20,22)(H,21,23);1H. The number of halogens is 1. The maximum atomic E-state index is 12.0. The zero-order chi connectivity index (χ0) is 16.8. The quantitative estimate of drug-likeness (QED) is 0.735. The summed E-state index contributed by atoms with van der Waals surface area (Å²) in [6, 6.07) is 10.3. The lowest BCUT2D eigenvalue weighted by Gasteiger charge is -2.09. The normalized spacial score (nSPS) is 16.1. The molecule has 6 nitrogen and oxygen atoms in total. The molecule has 2 heterocycles. The molecule has 7 heteroatoms. The van der Waals surface area contributed by atoms with Crippen molar-refractivity contribution < 1.29 is 14.0 Å². The van der Waals surface area contributed by atoms with Crippen LogP contribution in [0.15, 0.2) is 47.1 Å².